The molecule has 0 heterocycles. The number of halogens is 1. The molecule has 3 N–H and O–H groups in total. The summed E-state index contributed by atoms with van der Waals surface area (Å²) < 4.78 is 56.7. The first-order chi connectivity index (χ1) is 18.3. The fourth-order valence-electron chi connectivity index (χ4n) is 3.65. The van der Waals surface area contributed by atoms with Crippen molar-refractivity contribution in [3.63, 3.8) is 0 Å². The number of rotatable bonds is 8. The number of hydrogen-bond donors (Lipinski definition) is 3. The van der Waals surface area contributed by atoms with E-state index in [2.05, 4.69) is 14.8 Å². The van der Waals surface area contributed by atoms with Gasteiger partial charge in [0.2, 0.25) is 0 Å². The van der Waals surface area contributed by atoms with Gasteiger partial charge in [0, 0.05) is 16.9 Å². The molecule has 0 atom stereocenters. The van der Waals surface area contributed by atoms with E-state index in [1.807, 2.05) is 32.9 Å². The van der Waals surface area contributed by atoms with E-state index >= 15 is 0 Å². The normalized spacial score (nSPS) is 11.6. The first-order valence-electron chi connectivity index (χ1n) is 11.7. The van der Waals surface area contributed by atoms with Gasteiger partial charge in [-0.3, -0.25) is 14.2 Å². The summed E-state index contributed by atoms with van der Waals surface area (Å²) in [4.78, 5) is 12.7. The van der Waals surface area contributed by atoms with E-state index in [-0.39, 0.29) is 20.4 Å². The molecule has 8 nitrogen and oxygen atoms in total. The standard InChI is InChI=1S/C28H26ClN3O5S2/c1-18-5-9-23(10-6-18)31-39(36,37)27-17-21(8-15-25(27)29)28(33)30-22-11-13-24(14-12-22)38(34,35)32-26-16-19(2)4-7-20(26)3/h4-17,31-32H,1-3H3,(H,30,33). The van der Waals surface area contributed by atoms with Gasteiger partial charge < -0.3 is 5.32 Å². The van der Waals surface area contributed by atoms with Gasteiger partial charge in [-0.05, 0) is 92.6 Å². The fourth-order valence-corrected chi connectivity index (χ4v) is 6.36. The van der Waals surface area contributed by atoms with Crippen molar-refractivity contribution in [2.45, 2.75) is 30.6 Å². The molecule has 0 radical (unpaired) electrons. The molecule has 0 unspecified atom stereocenters. The van der Waals surface area contributed by atoms with Gasteiger partial charge in [-0.15, -0.1) is 0 Å². The van der Waals surface area contributed by atoms with Gasteiger partial charge in [0.1, 0.15) is 4.90 Å². The summed E-state index contributed by atoms with van der Waals surface area (Å²) in [6.45, 7) is 5.56. The number of nitrogens with one attached hydrogen (secondary N) is 3. The third-order valence-corrected chi connectivity index (χ3v) is 9.09. The lowest BCUT2D eigenvalue weighted by Gasteiger charge is -2.13. The highest BCUT2D eigenvalue weighted by Crippen LogP contribution is 2.26. The van der Waals surface area contributed by atoms with Gasteiger partial charge in [-0.2, -0.15) is 0 Å². The fraction of sp³-hybridized carbons (Fsp3) is 0.107. The van der Waals surface area contributed by atoms with Crippen LogP contribution in [0.2, 0.25) is 5.02 Å². The van der Waals surface area contributed by atoms with Crippen LogP contribution in [0.5, 0.6) is 0 Å². The average molecular weight is 584 g/mol. The molecule has 1 amide bonds. The molecular weight excluding hydrogens is 558 g/mol. The van der Waals surface area contributed by atoms with E-state index in [4.69, 9.17) is 11.6 Å². The molecule has 0 aliphatic rings. The summed E-state index contributed by atoms with van der Waals surface area (Å²) in [5.41, 5.74) is 3.89. The highest BCUT2D eigenvalue weighted by atomic mass is 35.5. The summed E-state index contributed by atoms with van der Waals surface area (Å²) >= 11 is 6.16. The summed E-state index contributed by atoms with van der Waals surface area (Å²) in [6.07, 6.45) is 0. The van der Waals surface area contributed by atoms with Crippen molar-refractivity contribution in [3.05, 3.63) is 112 Å². The van der Waals surface area contributed by atoms with Crippen molar-refractivity contribution in [2.75, 3.05) is 14.8 Å². The van der Waals surface area contributed by atoms with Gasteiger partial charge in [-0.25, -0.2) is 16.8 Å². The smallest absolute Gasteiger partial charge is 0.263 e. The van der Waals surface area contributed by atoms with Crippen LogP contribution in [0.1, 0.15) is 27.0 Å². The molecule has 0 aliphatic heterocycles. The molecule has 0 saturated heterocycles. The SMILES string of the molecule is Cc1ccc(NS(=O)(=O)c2cc(C(=O)Nc3ccc(S(=O)(=O)Nc4cc(C)ccc4C)cc3)ccc2Cl)cc1. The lowest BCUT2D eigenvalue weighted by atomic mass is 10.1. The molecule has 11 heteroatoms. The predicted octanol–water partition coefficient (Wildman–Crippen LogP) is 6.12. The number of hydrogen-bond acceptors (Lipinski definition) is 5. The van der Waals surface area contributed by atoms with Gasteiger partial charge in [0.15, 0.2) is 0 Å². The van der Waals surface area contributed by atoms with Crippen molar-refractivity contribution in [3.8, 4) is 0 Å². The Morgan fingerprint density at radius 2 is 1.28 bits per heavy atom. The molecule has 4 aromatic rings. The number of carbonyl (C=O) groups is 1. The Labute approximate surface area is 233 Å². The second-order valence-electron chi connectivity index (χ2n) is 9.02. The van der Waals surface area contributed by atoms with Gasteiger partial charge in [0.05, 0.1) is 15.6 Å². The molecule has 202 valence electrons. The molecule has 39 heavy (non-hydrogen) atoms. The minimum atomic E-state index is -4.08. The monoisotopic (exact) mass is 583 g/mol. The van der Waals surface area contributed by atoms with E-state index in [1.165, 1.54) is 42.5 Å². The lowest BCUT2D eigenvalue weighted by molar-refractivity contribution is 0.102. The summed E-state index contributed by atoms with van der Waals surface area (Å²) in [5.74, 6) is -0.595. The Balaban J connectivity index is 1.50. The molecule has 4 rings (SSSR count). The van der Waals surface area contributed by atoms with Crippen LogP contribution in [0.15, 0.2) is 94.7 Å². The number of aryl methyl sites for hydroxylation is 3. The summed E-state index contributed by atoms with van der Waals surface area (Å²) in [5, 5.41) is 2.60. The largest absolute Gasteiger partial charge is 0.322 e. The zero-order chi connectivity index (χ0) is 28.4. The van der Waals surface area contributed by atoms with E-state index in [0.29, 0.717) is 17.1 Å². The average Bonchev–Trinajstić information content (AvgIpc) is 2.88. The van der Waals surface area contributed by atoms with Crippen molar-refractivity contribution in [2.24, 2.45) is 0 Å². The molecule has 4 aromatic carbocycles. The van der Waals surface area contributed by atoms with Crippen LogP contribution >= 0.6 is 11.6 Å². The molecule has 0 bridgehead atoms. The molecule has 0 saturated carbocycles. The summed E-state index contributed by atoms with van der Waals surface area (Å²) in [7, 11) is -7.93. The predicted molar refractivity (Wildman–Crippen MR) is 155 cm³/mol. The van der Waals surface area contributed by atoms with Crippen LogP contribution in [-0.4, -0.2) is 22.7 Å². The van der Waals surface area contributed by atoms with E-state index in [9.17, 15) is 21.6 Å². The van der Waals surface area contributed by atoms with Gasteiger partial charge >= 0.3 is 0 Å². The van der Waals surface area contributed by atoms with Crippen LogP contribution in [0.25, 0.3) is 0 Å². The van der Waals surface area contributed by atoms with E-state index in [1.54, 1.807) is 30.3 Å². The van der Waals surface area contributed by atoms with Gasteiger partial charge in [-0.1, -0.05) is 41.4 Å². The van der Waals surface area contributed by atoms with Crippen LogP contribution < -0.4 is 14.8 Å². The van der Waals surface area contributed by atoms with E-state index in [0.717, 1.165) is 16.7 Å². The Kier molecular flexibility index (Phi) is 8.01. The first-order valence-corrected chi connectivity index (χ1v) is 15.1. The first kappa shape index (κ1) is 28.2. The maximum atomic E-state index is 13.0. The molecule has 0 fully saturated rings. The Hall–Kier alpha value is -3.86. The third kappa shape index (κ3) is 6.78. The van der Waals surface area contributed by atoms with Crippen molar-refractivity contribution >= 4 is 54.6 Å². The quantitative estimate of drug-likeness (QED) is 0.231. The molecular formula is C28H26ClN3O5S2. The lowest BCUT2D eigenvalue weighted by Crippen LogP contribution is -2.17. The number of sulfonamides is 2. The van der Waals surface area contributed by atoms with Crippen molar-refractivity contribution in [1.29, 1.82) is 0 Å². The number of anilines is 3. The second-order valence-corrected chi connectivity index (χ2v) is 12.8. The Bertz CT molecular complexity index is 1750. The molecule has 0 spiro atoms. The topological polar surface area (TPSA) is 121 Å². The zero-order valence-corrected chi connectivity index (χ0v) is 23.7. The Morgan fingerprint density at radius 3 is 1.95 bits per heavy atom. The number of amides is 1. The van der Waals surface area contributed by atoms with Gasteiger partial charge in [0.25, 0.3) is 26.0 Å². The molecule has 0 aliphatic carbocycles. The Morgan fingerprint density at radius 1 is 0.667 bits per heavy atom. The van der Waals surface area contributed by atoms with Crippen molar-refractivity contribution in [1.82, 2.24) is 0 Å². The highest BCUT2D eigenvalue weighted by Gasteiger charge is 2.21. The van der Waals surface area contributed by atoms with Crippen LogP contribution in [0.4, 0.5) is 17.1 Å². The minimum absolute atomic E-state index is 0.0171. The third-order valence-electron chi connectivity index (χ3n) is 5.85. The van der Waals surface area contributed by atoms with Crippen molar-refractivity contribution < 1.29 is 21.6 Å². The maximum absolute atomic E-state index is 13.0. The van der Waals surface area contributed by atoms with Crippen LogP contribution in [-0.2, 0) is 20.0 Å². The highest BCUT2D eigenvalue weighted by molar-refractivity contribution is 7.93. The second kappa shape index (κ2) is 11.1. The zero-order valence-electron chi connectivity index (χ0n) is 21.3. The summed E-state index contributed by atoms with van der Waals surface area (Å²) in [6, 6.07) is 21.8. The number of benzene rings is 4. The minimum Gasteiger partial charge on any atom is -0.322 e. The van der Waals surface area contributed by atoms with Crippen LogP contribution in [0, 0.1) is 20.8 Å². The number of carbonyl (C=O) groups excluding carboxylic acids is 1. The maximum Gasteiger partial charge on any atom is 0.263 e. The molecule has 0 aromatic heterocycles. The van der Waals surface area contributed by atoms with E-state index < -0.39 is 26.0 Å². The van der Waals surface area contributed by atoms with Crippen LogP contribution in [0.3, 0.4) is 0 Å².